The third kappa shape index (κ3) is 1.52. The number of aromatic nitrogens is 1. The van der Waals surface area contributed by atoms with E-state index in [0.717, 1.165) is 12.1 Å². The number of H-pyrrole nitrogens is 1. The van der Waals surface area contributed by atoms with E-state index in [1.807, 2.05) is 0 Å². The van der Waals surface area contributed by atoms with Crippen LogP contribution in [0.3, 0.4) is 0 Å². The Kier molecular flexibility index (Phi) is 2.07. The van der Waals surface area contributed by atoms with Gasteiger partial charge in [0.2, 0.25) is 0 Å². The standard InChI is InChI=1S/C10H5F2NO2/c11-5-1-7(12)10-8(2-5)13-6(4-14)3-9(10)15/h1-4H,(H,13,15). The van der Waals surface area contributed by atoms with Crippen LogP contribution in [0, 0.1) is 11.6 Å². The molecule has 1 heterocycles. The van der Waals surface area contributed by atoms with Crippen LogP contribution in [-0.2, 0) is 0 Å². The number of carbonyl (C=O) groups excluding carboxylic acids is 1. The highest BCUT2D eigenvalue weighted by molar-refractivity contribution is 5.83. The molecule has 0 amide bonds. The number of aromatic amines is 1. The van der Waals surface area contributed by atoms with Crippen molar-refractivity contribution in [2.24, 2.45) is 0 Å². The van der Waals surface area contributed by atoms with Crippen molar-refractivity contribution in [3.05, 3.63) is 45.8 Å². The molecule has 1 aromatic heterocycles. The van der Waals surface area contributed by atoms with E-state index < -0.39 is 17.1 Å². The molecule has 0 unspecified atom stereocenters. The molecule has 0 fully saturated rings. The van der Waals surface area contributed by atoms with Crippen molar-refractivity contribution < 1.29 is 13.6 Å². The third-order valence-corrected chi connectivity index (χ3v) is 1.99. The summed E-state index contributed by atoms with van der Waals surface area (Å²) in [7, 11) is 0. The Bertz CT molecular complexity index is 604. The van der Waals surface area contributed by atoms with Gasteiger partial charge in [-0.2, -0.15) is 0 Å². The van der Waals surface area contributed by atoms with Gasteiger partial charge in [-0.05, 0) is 6.07 Å². The summed E-state index contributed by atoms with van der Waals surface area (Å²) in [6.45, 7) is 0. The molecule has 76 valence electrons. The Labute approximate surface area is 82.4 Å². The number of carbonyl (C=O) groups is 1. The number of hydrogen-bond acceptors (Lipinski definition) is 2. The second-order valence-corrected chi connectivity index (χ2v) is 3.02. The predicted octanol–water partition coefficient (Wildman–Crippen LogP) is 1.62. The van der Waals surface area contributed by atoms with Crippen molar-refractivity contribution in [3.8, 4) is 0 Å². The van der Waals surface area contributed by atoms with Gasteiger partial charge in [0.25, 0.3) is 0 Å². The van der Waals surface area contributed by atoms with E-state index in [2.05, 4.69) is 4.98 Å². The summed E-state index contributed by atoms with van der Waals surface area (Å²) in [6.07, 6.45) is 0.406. The van der Waals surface area contributed by atoms with Crippen LogP contribution < -0.4 is 5.43 Å². The Hall–Kier alpha value is -2.04. The van der Waals surface area contributed by atoms with E-state index in [1.165, 1.54) is 0 Å². The van der Waals surface area contributed by atoms with Crippen molar-refractivity contribution in [1.82, 2.24) is 4.98 Å². The average molecular weight is 209 g/mol. The zero-order chi connectivity index (χ0) is 11.0. The molecule has 0 saturated carbocycles. The van der Waals surface area contributed by atoms with E-state index >= 15 is 0 Å². The highest BCUT2D eigenvalue weighted by atomic mass is 19.1. The lowest BCUT2D eigenvalue weighted by atomic mass is 10.2. The summed E-state index contributed by atoms with van der Waals surface area (Å²) in [5.74, 6) is -1.75. The van der Waals surface area contributed by atoms with Gasteiger partial charge in [-0.15, -0.1) is 0 Å². The first-order chi connectivity index (χ1) is 7.11. The fraction of sp³-hybridized carbons (Fsp3) is 0. The highest BCUT2D eigenvalue weighted by Crippen LogP contribution is 2.14. The molecule has 0 saturated heterocycles. The molecule has 0 radical (unpaired) electrons. The molecular formula is C10H5F2NO2. The fourth-order valence-corrected chi connectivity index (χ4v) is 1.39. The SMILES string of the molecule is O=Cc1cc(=O)c2c(F)cc(F)cc2[nH]1. The van der Waals surface area contributed by atoms with Gasteiger partial charge in [-0.3, -0.25) is 9.59 Å². The largest absolute Gasteiger partial charge is 0.352 e. The van der Waals surface area contributed by atoms with Gasteiger partial charge in [0.05, 0.1) is 16.6 Å². The summed E-state index contributed by atoms with van der Waals surface area (Å²) in [5.41, 5.74) is -0.692. The van der Waals surface area contributed by atoms with Crippen LogP contribution in [0.25, 0.3) is 10.9 Å². The van der Waals surface area contributed by atoms with Crippen molar-refractivity contribution >= 4 is 17.2 Å². The lowest BCUT2D eigenvalue weighted by Gasteiger charge is -2.00. The lowest BCUT2D eigenvalue weighted by Crippen LogP contribution is -2.07. The predicted molar refractivity (Wildman–Crippen MR) is 49.9 cm³/mol. The zero-order valence-corrected chi connectivity index (χ0v) is 7.38. The molecule has 15 heavy (non-hydrogen) atoms. The maximum atomic E-state index is 13.2. The second-order valence-electron chi connectivity index (χ2n) is 3.02. The third-order valence-electron chi connectivity index (χ3n) is 1.99. The first-order valence-corrected chi connectivity index (χ1v) is 4.09. The Morgan fingerprint density at radius 2 is 1.93 bits per heavy atom. The Morgan fingerprint density at radius 3 is 2.60 bits per heavy atom. The molecule has 0 aliphatic rings. The monoisotopic (exact) mass is 209 g/mol. The quantitative estimate of drug-likeness (QED) is 0.725. The minimum atomic E-state index is -0.941. The van der Waals surface area contributed by atoms with Crippen LogP contribution in [0.5, 0.6) is 0 Å². The maximum absolute atomic E-state index is 13.2. The van der Waals surface area contributed by atoms with Crippen molar-refractivity contribution in [1.29, 1.82) is 0 Å². The van der Waals surface area contributed by atoms with E-state index in [-0.39, 0.29) is 16.6 Å². The fourth-order valence-electron chi connectivity index (χ4n) is 1.39. The molecule has 2 rings (SSSR count). The molecular weight excluding hydrogens is 204 g/mol. The van der Waals surface area contributed by atoms with Gasteiger partial charge < -0.3 is 4.98 Å². The molecule has 1 N–H and O–H groups in total. The number of fused-ring (bicyclic) bond motifs is 1. The van der Waals surface area contributed by atoms with E-state index in [1.54, 1.807) is 0 Å². The summed E-state index contributed by atoms with van der Waals surface area (Å²) in [6, 6.07) is 2.56. The van der Waals surface area contributed by atoms with Gasteiger partial charge in [-0.25, -0.2) is 8.78 Å². The minimum absolute atomic E-state index is 0.0162. The molecule has 0 aliphatic heterocycles. The van der Waals surface area contributed by atoms with Gasteiger partial charge >= 0.3 is 0 Å². The van der Waals surface area contributed by atoms with Crippen LogP contribution in [0.1, 0.15) is 10.5 Å². The lowest BCUT2D eigenvalue weighted by molar-refractivity contribution is 0.111. The molecule has 5 heteroatoms. The normalized spacial score (nSPS) is 10.5. The zero-order valence-electron chi connectivity index (χ0n) is 7.38. The van der Waals surface area contributed by atoms with Crippen molar-refractivity contribution in [3.63, 3.8) is 0 Å². The van der Waals surface area contributed by atoms with Crippen LogP contribution >= 0.6 is 0 Å². The molecule has 2 aromatic rings. The van der Waals surface area contributed by atoms with E-state index in [4.69, 9.17) is 0 Å². The second kappa shape index (κ2) is 3.27. The summed E-state index contributed by atoms with van der Waals surface area (Å²) >= 11 is 0. The van der Waals surface area contributed by atoms with Crippen LogP contribution in [0.2, 0.25) is 0 Å². The molecule has 0 spiro atoms. The topological polar surface area (TPSA) is 49.9 Å². The minimum Gasteiger partial charge on any atom is -0.352 e. The molecule has 0 bridgehead atoms. The van der Waals surface area contributed by atoms with E-state index in [0.29, 0.717) is 12.4 Å². The number of pyridine rings is 1. The van der Waals surface area contributed by atoms with Crippen molar-refractivity contribution in [2.75, 3.05) is 0 Å². The number of aldehydes is 1. The summed E-state index contributed by atoms with van der Waals surface area (Å²) in [4.78, 5) is 24.2. The number of nitrogens with one attached hydrogen (secondary N) is 1. The van der Waals surface area contributed by atoms with Crippen LogP contribution in [0.4, 0.5) is 8.78 Å². The average Bonchev–Trinajstić information content (AvgIpc) is 2.15. The van der Waals surface area contributed by atoms with Gasteiger partial charge in [0.15, 0.2) is 11.7 Å². The van der Waals surface area contributed by atoms with Crippen molar-refractivity contribution in [2.45, 2.75) is 0 Å². The molecule has 3 nitrogen and oxygen atoms in total. The number of rotatable bonds is 1. The number of hydrogen-bond donors (Lipinski definition) is 1. The van der Waals surface area contributed by atoms with Crippen LogP contribution in [0.15, 0.2) is 23.0 Å². The summed E-state index contributed by atoms with van der Waals surface area (Å²) < 4.78 is 26.0. The molecule has 0 aliphatic carbocycles. The van der Waals surface area contributed by atoms with Gasteiger partial charge in [0.1, 0.15) is 11.6 Å². The smallest absolute Gasteiger partial charge is 0.193 e. The maximum Gasteiger partial charge on any atom is 0.193 e. The summed E-state index contributed by atoms with van der Waals surface area (Å²) in [5, 5.41) is -0.248. The Morgan fingerprint density at radius 1 is 1.20 bits per heavy atom. The van der Waals surface area contributed by atoms with E-state index in [9.17, 15) is 18.4 Å². The molecule has 0 atom stereocenters. The highest BCUT2D eigenvalue weighted by Gasteiger charge is 2.08. The Balaban J connectivity index is 2.97. The van der Waals surface area contributed by atoms with Gasteiger partial charge in [-0.1, -0.05) is 0 Å². The first-order valence-electron chi connectivity index (χ1n) is 4.09. The van der Waals surface area contributed by atoms with Gasteiger partial charge in [0, 0.05) is 12.1 Å². The van der Waals surface area contributed by atoms with Crippen LogP contribution in [-0.4, -0.2) is 11.3 Å². The first kappa shape index (κ1) is 9.51. The number of benzene rings is 1. The number of halogens is 2. The molecule has 1 aromatic carbocycles.